The van der Waals surface area contributed by atoms with Crippen LogP contribution in [-0.2, 0) is 0 Å². The summed E-state index contributed by atoms with van der Waals surface area (Å²) in [6, 6.07) is 16.4. The van der Waals surface area contributed by atoms with E-state index >= 15 is 0 Å². The average Bonchev–Trinajstić information content (AvgIpc) is 2.62. The lowest BCUT2D eigenvalue weighted by molar-refractivity contribution is 0.188. The highest BCUT2D eigenvalue weighted by atomic mass is 16.3. The highest BCUT2D eigenvalue weighted by molar-refractivity contribution is 5.89. The van der Waals surface area contributed by atoms with E-state index in [2.05, 4.69) is 15.5 Å². The van der Waals surface area contributed by atoms with Gasteiger partial charge in [-0.05, 0) is 42.8 Å². The van der Waals surface area contributed by atoms with Gasteiger partial charge in [0.2, 0.25) is 0 Å². The Morgan fingerprint density at radius 3 is 2.21 bits per heavy atom. The van der Waals surface area contributed by atoms with Gasteiger partial charge in [0.15, 0.2) is 0 Å². The van der Waals surface area contributed by atoms with Gasteiger partial charge in [0.1, 0.15) is 0 Å². The molecule has 6 heteroatoms. The van der Waals surface area contributed by atoms with Crippen LogP contribution in [0.1, 0.15) is 13.3 Å². The molecule has 0 saturated heterocycles. The average molecular weight is 326 g/mol. The van der Waals surface area contributed by atoms with Crippen molar-refractivity contribution in [3.63, 3.8) is 0 Å². The highest BCUT2D eigenvalue weighted by Crippen LogP contribution is 2.20. The number of urea groups is 1. The van der Waals surface area contributed by atoms with Crippen LogP contribution in [-0.4, -0.2) is 35.7 Å². The SMILES string of the molecule is CCCN(CCO)C(=O)Nc1ccc(N=Nc2ccccc2)cc1. The van der Waals surface area contributed by atoms with Gasteiger partial charge in [0, 0.05) is 18.8 Å². The van der Waals surface area contributed by atoms with Gasteiger partial charge in [0.05, 0.1) is 18.0 Å². The third-order valence-corrected chi connectivity index (χ3v) is 3.31. The fraction of sp³-hybridized carbons (Fsp3) is 0.278. The van der Waals surface area contributed by atoms with Crippen LogP contribution in [0.5, 0.6) is 0 Å². The summed E-state index contributed by atoms with van der Waals surface area (Å²) in [7, 11) is 0. The summed E-state index contributed by atoms with van der Waals surface area (Å²) in [6.45, 7) is 2.87. The maximum Gasteiger partial charge on any atom is 0.321 e. The molecule has 126 valence electrons. The van der Waals surface area contributed by atoms with Gasteiger partial charge in [-0.3, -0.25) is 0 Å². The van der Waals surface area contributed by atoms with Crippen LogP contribution in [0.2, 0.25) is 0 Å². The molecule has 2 aromatic rings. The van der Waals surface area contributed by atoms with Crippen LogP contribution in [0.4, 0.5) is 21.9 Å². The van der Waals surface area contributed by atoms with Crippen molar-refractivity contribution in [3.8, 4) is 0 Å². The van der Waals surface area contributed by atoms with E-state index in [1.165, 1.54) is 0 Å². The maximum absolute atomic E-state index is 12.1. The molecule has 0 heterocycles. The topological polar surface area (TPSA) is 77.3 Å². The van der Waals surface area contributed by atoms with E-state index in [0.29, 0.717) is 24.5 Å². The molecule has 0 radical (unpaired) electrons. The molecule has 2 rings (SSSR count). The zero-order chi connectivity index (χ0) is 17.2. The highest BCUT2D eigenvalue weighted by Gasteiger charge is 2.11. The van der Waals surface area contributed by atoms with Crippen LogP contribution >= 0.6 is 0 Å². The molecular formula is C18H22N4O2. The van der Waals surface area contributed by atoms with Crippen LogP contribution < -0.4 is 5.32 Å². The minimum absolute atomic E-state index is 0.0494. The number of aliphatic hydroxyl groups is 1. The fourth-order valence-electron chi connectivity index (χ4n) is 2.13. The number of amides is 2. The number of hydrogen-bond acceptors (Lipinski definition) is 4. The molecule has 0 spiro atoms. The fourth-order valence-corrected chi connectivity index (χ4v) is 2.13. The van der Waals surface area contributed by atoms with Gasteiger partial charge in [-0.2, -0.15) is 10.2 Å². The summed E-state index contributed by atoms with van der Waals surface area (Å²) in [5.74, 6) is 0. The van der Waals surface area contributed by atoms with Crippen molar-refractivity contribution in [2.24, 2.45) is 10.2 Å². The molecule has 0 aromatic heterocycles. The predicted octanol–water partition coefficient (Wildman–Crippen LogP) is 4.34. The molecule has 2 amide bonds. The number of nitrogens with one attached hydrogen (secondary N) is 1. The standard InChI is InChI=1S/C18H22N4O2/c1-2-12-22(13-14-23)18(24)19-15-8-10-17(11-9-15)21-20-16-6-4-3-5-7-16/h3-11,23H,2,12-14H2,1H3,(H,19,24). The van der Waals surface area contributed by atoms with Crippen LogP contribution in [0.25, 0.3) is 0 Å². The third kappa shape index (κ3) is 5.48. The molecule has 0 saturated carbocycles. The van der Waals surface area contributed by atoms with Crippen molar-refractivity contribution in [1.29, 1.82) is 0 Å². The summed E-state index contributed by atoms with van der Waals surface area (Å²) >= 11 is 0. The van der Waals surface area contributed by atoms with Gasteiger partial charge >= 0.3 is 6.03 Å². The van der Waals surface area contributed by atoms with E-state index in [1.54, 1.807) is 29.2 Å². The number of hydrogen-bond donors (Lipinski definition) is 2. The number of carbonyl (C=O) groups is 1. The number of benzene rings is 2. The molecule has 0 atom stereocenters. The molecule has 2 N–H and O–H groups in total. The van der Waals surface area contributed by atoms with E-state index < -0.39 is 0 Å². The number of azo groups is 1. The number of rotatable bonds is 7. The zero-order valence-corrected chi connectivity index (χ0v) is 13.7. The Hall–Kier alpha value is -2.73. The zero-order valence-electron chi connectivity index (χ0n) is 13.7. The maximum atomic E-state index is 12.1. The van der Waals surface area contributed by atoms with E-state index in [4.69, 9.17) is 5.11 Å². The smallest absolute Gasteiger partial charge is 0.321 e. The minimum atomic E-state index is -0.218. The molecule has 0 aliphatic rings. The van der Waals surface area contributed by atoms with Crippen molar-refractivity contribution in [3.05, 3.63) is 54.6 Å². The lowest BCUT2D eigenvalue weighted by Crippen LogP contribution is -2.37. The Kier molecular flexibility index (Phi) is 6.91. The van der Waals surface area contributed by atoms with Crippen LogP contribution in [0.3, 0.4) is 0 Å². The lowest BCUT2D eigenvalue weighted by atomic mass is 10.3. The van der Waals surface area contributed by atoms with E-state index in [9.17, 15) is 4.79 Å². The second kappa shape index (κ2) is 9.42. The molecule has 24 heavy (non-hydrogen) atoms. The number of aliphatic hydroxyl groups excluding tert-OH is 1. The lowest BCUT2D eigenvalue weighted by Gasteiger charge is -2.21. The number of carbonyl (C=O) groups excluding carboxylic acids is 1. The summed E-state index contributed by atoms with van der Waals surface area (Å²) in [5.41, 5.74) is 2.17. The summed E-state index contributed by atoms with van der Waals surface area (Å²) < 4.78 is 0. The van der Waals surface area contributed by atoms with Gasteiger partial charge in [-0.1, -0.05) is 25.1 Å². The molecule has 0 aliphatic heterocycles. The first kappa shape index (κ1) is 17.6. The van der Waals surface area contributed by atoms with Gasteiger partial charge in [-0.15, -0.1) is 0 Å². The summed E-state index contributed by atoms with van der Waals surface area (Å²) in [5, 5.41) is 20.1. The quantitative estimate of drug-likeness (QED) is 0.743. The van der Waals surface area contributed by atoms with Crippen molar-refractivity contribution < 1.29 is 9.90 Å². The molecule has 0 aliphatic carbocycles. The largest absolute Gasteiger partial charge is 0.395 e. The first-order valence-electron chi connectivity index (χ1n) is 7.96. The Morgan fingerprint density at radius 2 is 1.62 bits per heavy atom. The Labute approximate surface area is 141 Å². The first-order valence-corrected chi connectivity index (χ1v) is 7.96. The van der Waals surface area contributed by atoms with Crippen LogP contribution in [0, 0.1) is 0 Å². The molecular weight excluding hydrogens is 304 g/mol. The second-order valence-corrected chi connectivity index (χ2v) is 5.22. The summed E-state index contributed by atoms with van der Waals surface area (Å²) in [6.07, 6.45) is 0.840. The molecule has 0 bridgehead atoms. The minimum Gasteiger partial charge on any atom is -0.395 e. The van der Waals surface area contributed by atoms with Crippen molar-refractivity contribution in [1.82, 2.24) is 4.90 Å². The molecule has 2 aromatic carbocycles. The Morgan fingerprint density at radius 1 is 1.00 bits per heavy atom. The van der Waals surface area contributed by atoms with E-state index in [0.717, 1.165) is 12.1 Å². The number of anilines is 1. The second-order valence-electron chi connectivity index (χ2n) is 5.22. The van der Waals surface area contributed by atoms with Crippen molar-refractivity contribution >= 4 is 23.1 Å². The monoisotopic (exact) mass is 326 g/mol. The van der Waals surface area contributed by atoms with E-state index in [-0.39, 0.29) is 12.6 Å². The Bertz CT molecular complexity index is 650. The predicted molar refractivity (Wildman–Crippen MR) is 95.0 cm³/mol. The van der Waals surface area contributed by atoms with Gasteiger partial charge in [-0.25, -0.2) is 4.79 Å². The first-order chi connectivity index (χ1) is 11.7. The molecule has 0 unspecified atom stereocenters. The van der Waals surface area contributed by atoms with Crippen LogP contribution in [0.15, 0.2) is 64.8 Å². The summed E-state index contributed by atoms with van der Waals surface area (Å²) in [4.78, 5) is 13.7. The third-order valence-electron chi connectivity index (χ3n) is 3.31. The molecule has 6 nitrogen and oxygen atoms in total. The van der Waals surface area contributed by atoms with Gasteiger partial charge in [0.25, 0.3) is 0 Å². The van der Waals surface area contributed by atoms with E-state index in [1.807, 2.05) is 37.3 Å². The number of nitrogens with zero attached hydrogens (tertiary/aromatic N) is 3. The van der Waals surface area contributed by atoms with Crippen molar-refractivity contribution in [2.45, 2.75) is 13.3 Å². The van der Waals surface area contributed by atoms with Gasteiger partial charge < -0.3 is 15.3 Å². The van der Waals surface area contributed by atoms with Crippen molar-refractivity contribution in [2.75, 3.05) is 25.0 Å². The Balaban J connectivity index is 1.96. The normalized spacial score (nSPS) is 10.8. The molecule has 0 fully saturated rings.